The Morgan fingerprint density at radius 2 is 1.17 bits per heavy atom. The van der Waals surface area contributed by atoms with Crippen molar-refractivity contribution in [2.75, 3.05) is 0 Å². The number of nitrogens with zero attached hydrogens (tertiary/aromatic N) is 4. The van der Waals surface area contributed by atoms with Crippen LogP contribution in [0.25, 0.3) is 44.5 Å². The van der Waals surface area contributed by atoms with E-state index in [4.69, 9.17) is 20.0 Å². The Labute approximate surface area is 239 Å². The Kier molecular flexibility index (Phi) is 4.20. The van der Waals surface area contributed by atoms with Crippen molar-refractivity contribution in [3.63, 3.8) is 0 Å². The van der Waals surface area contributed by atoms with Gasteiger partial charge in [0.05, 0.1) is 0 Å². The third kappa shape index (κ3) is 3.09. The molecule has 10 rings (SSSR count). The van der Waals surface area contributed by atoms with E-state index in [0.717, 1.165) is 65.8 Å². The van der Waals surface area contributed by atoms with Crippen molar-refractivity contribution in [2.45, 2.75) is 6.17 Å². The molecule has 0 amide bonds. The summed E-state index contributed by atoms with van der Waals surface area (Å²) in [5.74, 6) is 2.20. The monoisotopic (exact) mass is 538 g/mol. The van der Waals surface area contributed by atoms with Crippen LogP contribution in [0.5, 0.6) is 0 Å². The summed E-state index contributed by atoms with van der Waals surface area (Å²) < 4.78 is 0. The van der Waals surface area contributed by atoms with Gasteiger partial charge in [-0.25, -0.2) is 20.0 Å². The van der Waals surface area contributed by atoms with Gasteiger partial charge in [0, 0.05) is 33.4 Å². The highest BCUT2D eigenvalue weighted by Crippen LogP contribution is 2.34. The van der Waals surface area contributed by atoms with E-state index >= 15 is 0 Å². The van der Waals surface area contributed by atoms with Gasteiger partial charge in [-0.05, 0) is 62.3 Å². The third-order valence-electron chi connectivity index (χ3n) is 8.84. The fraction of sp³-hybridized carbons (Fsp3) is 0.0556. The topological polar surface area (TPSA) is 77.3 Å². The Balaban J connectivity index is 1.35. The summed E-state index contributed by atoms with van der Waals surface area (Å²) in [5, 5.41) is 12.8. The number of amidine groups is 2. The van der Waals surface area contributed by atoms with Gasteiger partial charge in [0.2, 0.25) is 0 Å². The lowest BCUT2D eigenvalue weighted by molar-refractivity contribution is 0.573. The highest BCUT2D eigenvalue weighted by molar-refractivity contribution is 6.24. The van der Waals surface area contributed by atoms with E-state index in [2.05, 4.69) is 120 Å². The molecule has 6 nitrogen and oxygen atoms in total. The van der Waals surface area contributed by atoms with Gasteiger partial charge in [0.25, 0.3) is 0 Å². The zero-order valence-electron chi connectivity index (χ0n) is 22.3. The molecule has 0 radical (unpaired) electrons. The molecule has 6 aromatic rings. The minimum atomic E-state index is -0.248. The minimum Gasteiger partial charge on any atom is -0.347 e. The maximum atomic E-state index is 5.27. The molecule has 4 heterocycles. The molecule has 0 saturated carbocycles. The predicted molar refractivity (Wildman–Crippen MR) is 167 cm³/mol. The number of fused-ring (bicyclic) bond motifs is 16. The molecule has 6 bridgehead atoms. The zero-order chi connectivity index (χ0) is 27.4. The van der Waals surface area contributed by atoms with Gasteiger partial charge in [-0.3, -0.25) is 0 Å². The Hall–Kier alpha value is -5.62. The number of hydrogen-bond acceptors (Lipinski definition) is 5. The first-order chi connectivity index (χ1) is 20.7. The van der Waals surface area contributed by atoms with Crippen LogP contribution in [0, 0.1) is 5.92 Å². The van der Waals surface area contributed by atoms with Gasteiger partial charge in [-0.1, -0.05) is 78.9 Å². The number of nitrogens with one attached hydrogen (secondary N) is 2. The maximum absolute atomic E-state index is 5.27. The second-order valence-electron chi connectivity index (χ2n) is 11.3. The van der Waals surface area contributed by atoms with Gasteiger partial charge >= 0.3 is 0 Å². The minimum absolute atomic E-state index is 0.0218. The molecule has 2 unspecified atom stereocenters. The van der Waals surface area contributed by atoms with Gasteiger partial charge in [-0.2, -0.15) is 0 Å². The van der Waals surface area contributed by atoms with Crippen molar-refractivity contribution in [1.29, 1.82) is 0 Å². The van der Waals surface area contributed by atoms with Crippen LogP contribution in [-0.2, 0) is 0 Å². The third-order valence-corrected chi connectivity index (χ3v) is 8.84. The highest BCUT2D eigenvalue weighted by atomic mass is 15.2. The first-order valence-electron chi connectivity index (χ1n) is 14.2. The van der Waals surface area contributed by atoms with Gasteiger partial charge in [-0.15, -0.1) is 0 Å². The highest BCUT2D eigenvalue weighted by Gasteiger charge is 2.35. The van der Waals surface area contributed by atoms with Crippen molar-refractivity contribution in [1.82, 2.24) is 10.3 Å². The van der Waals surface area contributed by atoms with E-state index in [-0.39, 0.29) is 12.1 Å². The van der Waals surface area contributed by atoms with E-state index in [1.807, 2.05) is 0 Å². The molecular formula is C36H22N6. The number of benzene rings is 5. The van der Waals surface area contributed by atoms with Crippen LogP contribution in [-0.4, -0.2) is 22.8 Å². The first-order valence-corrected chi connectivity index (χ1v) is 14.2. The first kappa shape index (κ1) is 22.1. The van der Waals surface area contributed by atoms with Crippen molar-refractivity contribution >= 4 is 56.1 Å². The molecule has 4 aliphatic rings. The number of aromatic nitrogens is 1. The van der Waals surface area contributed by atoms with Crippen LogP contribution < -0.4 is 26.7 Å². The quantitative estimate of drug-likeness (QED) is 0.302. The molecule has 1 aromatic heterocycles. The summed E-state index contributed by atoms with van der Waals surface area (Å²) in [6.45, 7) is 0. The molecule has 0 saturated heterocycles. The molecule has 6 heteroatoms. The van der Waals surface area contributed by atoms with Gasteiger partial charge in [0.15, 0.2) is 11.7 Å². The molecule has 0 spiro atoms. The average Bonchev–Trinajstić information content (AvgIpc) is 3.65. The lowest BCUT2D eigenvalue weighted by atomic mass is 9.92. The van der Waals surface area contributed by atoms with Crippen LogP contribution in [0.15, 0.2) is 128 Å². The number of aromatic amines is 1. The Morgan fingerprint density at radius 1 is 0.571 bits per heavy atom. The summed E-state index contributed by atoms with van der Waals surface area (Å²) in [7, 11) is 0. The summed E-state index contributed by atoms with van der Waals surface area (Å²) in [6.07, 6.45) is 4.31. The summed E-state index contributed by atoms with van der Waals surface area (Å²) in [4.78, 5) is 24.3. The van der Waals surface area contributed by atoms with E-state index < -0.39 is 0 Å². The molecule has 2 N–H and O–H groups in total. The molecule has 1 aliphatic carbocycles. The number of hydrogen-bond donors (Lipinski definition) is 2. The zero-order valence-corrected chi connectivity index (χ0v) is 22.3. The van der Waals surface area contributed by atoms with Crippen molar-refractivity contribution < 1.29 is 0 Å². The van der Waals surface area contributed by atoms with Crippen molar-refractivity contribution in [3.8, 4) is 0 Å². The smallest absolute Gasteiger partial charge is 0.164 e. The SMILES string of the molecule is C1=c2ccccc2=CC2C1=C1N=c3[nH]c(c4cc5ccccc5cc34)=NC3=NC(=NC2N1)c1cc2ccccc2cc13. The summed E-state index contributed by atoms with van der Waals surface area (Å²) in [6, 6.07) is 34.1. The molecule has 196 valence electrons. The number of aliphatic imine (C=N–C) groups is 2. The van der Waals surface area contributed by atoms with E-state index in [0.29, 0.717) is 11.7 Å². The van der Waals surface area contributed by atoms with E-state index in [1.165, 1.54) is 10.4 Å². The van der Waals surface area contributed by atoms with E-state index in [1.54, 1.807) is 0 Å². The fourth-order valence-corrected chi connectivity index (χ4v) is 6.77. The van der Waals surface area contributed by atoms with Crippen LogP contribution >= 0.6 is 0 Å². The molecule has 0 fully saturated rings. The van der Waals surface area contributed by atoms with Crippen molar-refractivity contribution in [2.24, 2.45) is 25.9 Å². The van der Waals surface area contributed by atoms with Gasteiger partial charge in [0.1, 0.15) is 23.0 Å². The van der Waals surface area contributed by atoms with Gasteiger partial charge < -0.3 is 10.3 Å². The van der Waals surface area contributed by atoms with Crippen molar-refractivity contribution in [3.05, 3.63) is 141 Å². The van der Waals surface area contributed by atoms with E-state index in [9.17, 15) is 0 Å². The number of H-pyrrole nitrogens is 1. The van der Waals surface area contributed by atoms with Crippen LogP contribution in [0.4, 0.5) is 0 Å². The Bertz CT molecular complexity index is 2570. The largest absolute Gasteiger partial charge is 0.347 e. The molecule has 3 aliphatic heterocycles. The second kappa shape index (κ2) is 7.98. The lowest BCUT2D eigenvalue weighted by Gasteiger charge is -2.17. The lowest BCUT2D eigenvalue weighted by Crippen LogP contribution is -2.33. The number of rotatable bonds is 0. The van der Waals surface area contributed by atoms with Crippen LogP contribution in [0.3, 0.4) is 0 Å². The maximum Gasteiger partial charge on any atom is 0.164 e. The van der Waals surface area contributed by atoms with Crippen LogP contribution in [0.2, 0.25) is 0 Å². The average molecular weight is 539 g/mol. The normalized spacial score (nSPS) is 19.6. The standard InChI is InChI=1S/C36H22N6/c1-2-8-20-14-26-25(13-19(20)7-1)31-37-32(26)41-34-29-17-23-11-5-6-12-24(23)18-30(29)36(39-34)42-35-28-16-22-10-4-3-9-21(22)15-27(28)33(38-35)40-31/h1-18,25,31,37H,(H,38,39,40,41,42). The van der Waals surface area contributed by atoms with Crippen LogP contribution in [0.1, 0.15) is 11.1 Å². The molecular weight excluding hydrogens is 516 g/mol. The molecule has 42 heavy (non-hydrogen) atoms. The molecule has 2 atom stereocenters. The molecule has 5 aromatic carbocycles. The summed E-state index contributed by atoms with van der Waals surface area (Å²) >= 11 is 0. The predicted octanol–water partition coefficient (Wildman–Crippen LogP) is 3.97. The Morgan fingerprint density at radius 3 is 1.88 bits per heavy atom. The summed E-state index contributed by atoms with van der Waals surface area (Å²) in [5.41, 5.74) is 4.64. The second-order valence-corrected chi connectivity index (χ2v) is 11.3. The fourth-order valence-electron chi connectivity index (χ4n) is 6.77.